The molecule has 0 aromatic heterocycles. The number of hydrogen-bond donors (Lipinski definition) is 0. The molecule has 3 rings (SSSR count). The fraction of sp³-hybridized carbons (Fsp3) is 0.222. The first-order valence-electron chi connectivity index (χ1n) is 7.22. The Bertz CT molecular complexity index is 591. The van der Waals surface area contributed by atoms with E-state index in [1.54, 1.807) is 0 Å². The second-order valence-corrected chi connectivity index (χ2v) is 8.18. The summed E-state index contributed by atoms with van der Waals surface area (Å²) in [5, 5.41) is 2.39. The lowest BCUT2D eigenvalue weighted by Crippen LogP contribution is -2.07. The zero-order valence-electron chi connectivity index (χ0n) is 11.8. The maximum atomic E-state index is 5.74. The highest BCUT2D eigenvalue weighted by atomic mass is 35.5. The molecule has 1 heterocycles. The predicted molar refractivity (Wildman–Crippen MR) is 94.6 cm³/mol. The lowest BCUT2D eigenvalue weighted by atomic mass is 10.2. The van der Waals surface area contributed by atoms with Crippen molar-refractivity contribution in [3.8, 4) is 0 Å². The van der Waals surface area contributed by atoms with Crippen molar-refractivity contribution in [1.82, 2.24) is 0 Å². The van der Waals surface area contributed by atoms with E-state index in [-0.39, 0.29) is 10.9 Å². The van der Waals surface area contributed by atoms with Crippen LogP contribution in [0.5, 0.6) is 0 Å². The van der Waals surface area contributed by atoms with Gasteiger partial charge < -0.3 is 0 Å². The zero-order valence-corrected chi connectivity index (χ0v) is 14.2. The maximum absolute atomic E-state index is 5.74. The van der Waals surface area contributed by atoms with Crippen molar-refractivity contribution in [3.63, 3.8) is 0 Å². The first-order valence-corrected chi connectivity index (χ1v) is 9.85. The number of benzene rings is 2. The molecule has 0 amide bonds. The van der Waals surface area contributed by atoms with Crippen LogP contribution in [-0.4, -0.2) is 5.88 Å². The Kier molecular flexibility index (Phi) is 5.34. The molecule has 0 atom stereocenters. The Labute approximate surface area is 139 Å². The van der Waals surface area contributed by atoms with Gasteiger partial charge in [-0.05, 0) is 49.6 Å². The van der Waals surface area contributed by atoms with Crippen molar-refractivity contribution in [2.75, 3.05) is 5.88 Å². The minimum Gasteiger partial charge on any atom is -0.127 e. The number of unbranched alkanes of at least 4 members (excludes halogenated alkanes) is 2. The van der Waals surface area contributed by atoms with Gasteiger partial charge in [-0.3, -0.25) is 0 Å². The van der Waals surface area contributed by atoms with Gasteiger partial charge in [-0.15, -0.1) is 11.6 Å². The van der Waals surface area contributed by atoms with Crippen LogP contribution in [0.25, 0.3) is 0 Å². The third-order valence-corrected chi connectivity index (χ3v) is 7.18. The van der Waals surface area contributed by atoms with Gasteiger partial charge in [-0.25, -0.2) is 0 Å². The molecule has 108 valence electrons. The first kappa shape index (κ1) is 15.1. The Balaban J connectivity index is 1.88. The summed E-state index contributed by atoms with van der Waals surface area (Å²) in [6.45, 7) is 0. The van der Waals surface area contributed by atoms with Gasteiger partial charge in [0.15, 0.2) is 9.79 Å². The molecule has 0 spiro atoms. The molecule has 0 unspecified atom stereocenters. The zero-order chi connectivity index (χ0) is 14.5. The molecular formula is C18H18ClS2+. The van der Waals surface area contributed by atoms with Gasteiger partial charge in [0.05, 0.1) is 20.7 Å². The van der Waals surface area contributed by atoms with Crippen molar-refractivity contribution >= 4 is 34.3 Å². The molecule has 0 aliphatic carbocycles. The number of rotatable bonds is 5. The number of fused-ring (bicyclic) bond motifs is 2. The SMILES string of the molecule is ClCCCCC=C[S+]1c2ccccc2Sc2ccccc21. The van der Waals surface area contributed by atoms with Crippen molar-refractivity contribution in [2.45, 2.75) is 38.8 Å². The smallest absolute Gasteiger partial charge is 0.127 e. The highest BCUT2D eigenvalue weighted by Gasteiger charge is 2.33. The van der Waals surface area contributed by atoms with Crippen LogP contribution < -0.4 is 0 Å². The van der Waals surface area contributed by atoms with Crippen molar-refractivity contribution in [3.05, 3.63) is 60.0 Å². The van der Waals surface area contributed by atoms with E-state index in [0.29, 0.717) is 0 Å². The van der Waals surface area contributed by atoms with Crippen LogP contribution in [0.2, 0.25) is 0 Å². The molecule has 1 aliphatic heterocycles. The Hall–Kier alpha value is -0.830. The molecule has 0 saturated carbocycles. The summed E-state index contributed by atoms with van der Waals surface area (Å²) >= 11 is 7.63. The molecular weight excluding hydrogens is 316 g/mol. The van der Waals surface area contributed by atoms with E-state index < -0.39 is 0 Å². The molecule has 3 heteroatoms. The van der Waals surface area contributed by atoms with E-state index in [9.17, 15) is 0 Å². The van der Waals surface area contributed by atoms with Gasteiger partial charge >= 0.3 is 0 Å². The minimum atomic E-state index is 0.0657. The van der Waals surface area contributed by atoms with Crippen molar-refractivity contribution < 1.29 is 0 Å². The third kappa shape index (κ3) is 3.50. The normalized spacial score (nSPS) is 14.1. The Morgan fingerprint density at radius 2 is 1.52 bits per heavy atom. The third-order valence-electron chi connectivity index (χ3n) is 3.38. The Morgan fingerprint density at radius 1 is 0.905 bits per heavy atom. The number of alkyl halides is 1. The predicted octanol–water partition coefficient (Wildman–Crippen LogP) is 6.11. The second-order valence-electron chi connectivity index (χ2n) is 4.89. The molecule has 0 N–H and O–H groups in total. The summed E-state index contributed by atoms with van der Waals surface area (Å²) in [5.74, 6) is 0.766. The fourth-order valence-corrected chi connectivity index (χ4v) is 6.06. The van der Waals surface area contributed by atoms with E-state index in [1.807, 2.05) is 11.8 Å². The largest absolute Gasteiger partial charge is 0.179 e. The molecule has 0 saturated heterocycles. The average Bonchev–Trinajstić information content (AvgIpc) is 2.53. The lowest BCUT2D eigenvalue weighted by Gasteiger charge is -2.16. The topological polar surface area (TPSA) is 0 Å². The Morgan fingerprint density at radius 3 is 2.14 bits per heavy atom. The van der Waals surface area contributed by atoms with Gasteiger partial charge in [0.2, 0.25) is 0 Å². The van der Waals surface area contributed by atoms with E-state index in [2.05, 4.69) is 60.0 Å². The van der Waals surface area contributed by atoms with Crippen LogP contribution in [0.15, 0.2) is 79.6 Å². The van der Waals surface area contributed by atoms with Crippen LogP contribution in [0, 0.1) is 0 Å². The molecule has 2 aromatic carbocycles. The molecule has 1 aliphatic rings. The van der Waals surface area contributed by atoms with Crippen LogP contribution in [0.4, 0.5) is 0 Å². The van der Waals surface area contributed by atoms with Crippen LogP contribution in [-0.2, 0) is 10.9 Å². The molecule has 0 fully saturated rings. The summed E-state index contributed by atoms with van der Waals surface area (Å²) in [6.07, 6.45) is 5.73. The highest BCUT2D eigenvalue weighted by Crippen LogP contribution is 2.45. The van der Waals surface area contributed by atoms with Crippen LogP contribution >= 0.6 is 23.4 Å². The summed E-state index contributed by atoms with van der Waals surface area (Å²) in [5.41, 5.74) is 0. The summed E-state index contributed by atoms with van der Waals surface area (Å²) in [6, 6.07) is 17.6. The standard InChI is InChI=1S/C18H18ClS2/c19-13-7-1-2-8-14-21-17-11-5-3-9-15(17)20-16-10-4-6-12-18(16)21/h3-6,8-12,14H,1-2,7,13H2/q+1. The second kappa shape index (κ2) is 7.44. The number of allylic oxidation sites excluding steroid dienone is 1. The summed E-state index contributed by atoms with van der Waals surface area (Å²) < 4.78 is 0. The van der Waals surface area contributed by atoms with Crippen molar-refractivity contribution in [1.29, 1.82) is 0 Å². The van der Waals surface area contributed by atoms with Gasteiger partial charge in [0, 0.05) is 5.88 Å². The average molecular weight is 334 g/mol. The summed E-state index contributed by atoms with van der Waals surface area (Å²) in [4.78, 5) is 5.69. The van der Waals surface area contributed by atoms with Gasteiger partial charge in [0.1, 0.15) is 5.41 Å². The molecule has 21 heavy (non-hydrogen) atoms. The van der Waals surface area contributed by atoms with E-state index >= 15 is 0 Å². The van der Waals surface area contributed by atoms with Crippen LogP contribution in [0.3, 0.4) is 0 Å². The van der Waals surface area contributed by atoms with Gasteiger partial charge in [-0.1, -0.05) is 36.0 Å². The van der Waals surface area contributed by atoms with E-state index in [4.69, 9.17) is 11.6 Å². The van der Waals surface area contributed by atoms with Crippen LogP contribution in [0.1, 0.15) is 19.3 Å². The monoisotopic (exact) mass is 333 g/mol. The van der Waals surface area contributed by atoms with Gasteiger partial charge in [0.25, 0.3) is 0 Å². The highest BCUT2D eigenvalue weighted by molar-refractivity contribution is 8.05. The van der Waals surface area contributed by atoms with Gasteiger partial charge in [-0.2, -0.15) is 0 Å². The van der Waals surface area contributed by atoms with Crippen molar-refractivity contribution in [2.24, 2.45) is 0 Å². The lowest BCUT2D eigenvalue weighted by molar-refractivity contribution is 0.820. The summed E-state index contributed by atoms with van der Waals surface area (Å²) in [7, 11) is 0.0657. The first-order chi connectivity index (χ1) is 10.4. The molecule has 2 aromatic rings. The fourth-order valence-electron chi connectivity index (χ4n) is 2.34. The van der Waals surface area contributed by atoms with E-state index in [0.717, 1.165) is 18.7 Å². The molecule has 0 nitrogen and oxygen atoms in total. The quantitative estimate of drug-likeness (QED) is 0.361. The number of hydrogen-bond acceptors (Lipinski definition) is 1. The minimum absolute atomic E-state index is 0.0657. The molecule has 0 bridgehead atoms. The maximum Gasteiger partial charge on any atom is 0.179 e. The van der Waals surface area contributed by atoms with E-state index in [1.165, 1.54) is 26.0 Å². The molecule has 0 radical (unpaired) electrons. The number of halogens is 1.